The number of hydrogen-bond donors (Lipinski definition) is 2. The van der Waals surface area contributed by atoms with Crippen LogP contribution in [0.1, 0.15) is 12.5 Å². The number of rotatable bonds is 4. The summed E-state index contributed by atoms with van der Waals surface area (Å²) < 4.78 is 29.1. The topological polar surface area (TPSA) is 71.3 Å². The van der Waals surface area contributed by atoms with Crippen molar-refractivity contribution in [3.8, 4) is 11.3 Å². The van der Waals surface area contributed by atoms with Gasteiger partial charge in [-0.05, 0) is 42.8 Å². The number of aromatic nitrogens is 3. The first-order valence-electron chi connectivity index (χ1n) is 8.85. The molecular weight excluding hydrogens is 376 g/mol. The van der Waals surface area contributed by atoms with Gasteiger partial charge < -0.3 is 10.6 Å². The average Bonchev–Trinajstić information content (AvgIpc) is 3.09. The predicted molar refractivity (Wildman–Crippen MR) is 107 cm³/mol. The van der Waals surface area contributed by atoms with Crippen molar-refractivity contribution < 1.29 is 13.6 Å². The highest BCUT2D eigenvalue weighted by Gasteiger charge is 2.14. The predicted octanol–water partition coefficient (Wildman–Crippen LogP) is 4.68. The molecule has 0 radical (unpaired) electrons. The number of carbonyl (C=O) groups is 1. The Morgan fingerprint density at radius 1 is 1.10 bits per heavy atom. The molecule has 2 heterocycles. The molecule has 0 saturated carbocycles. The summed E-state index contributed by atoms with van der Waals surface area (Å²) >= 11 is 0. The molecule has 8 heteroatoms. The Morgan fingerprint density at radius 3 is 2.66 bits per heavy atom. The second kappa shape index (κ2) is 7.31. The lowest BCUT2D eigenvalue weighted by Gasteiger charge is -2.11. The fraction of sp³-hybridized carbons (Fsp3) is 0.0952. The highest BCUT2D eigenvalue weighted by Crippen LogP contribution is 2.28. The van der Waals surface area contributed by atoms with E-state index in [0.717, 1.165) is 23.0 Å². The molecule has 4 rings (SSSR count). The van der Waals surface area contributed by atoms with Crippen molar-refractivity contribution in [2.75, 3.05) is 10.6 Å². The molecule has 0 aliphatic rings. The number of halogens is 2. The highest BCUT2D eigenvalue weighted by molar-refractivity contribution is 5.90. The van der Waals surface area contributed by atoms with Gasteiger partial charge in [0.1, 0.15) is 11.6 Å². The highest BCUT2D eigenvalue weighted by atomic mass is 19.1. The Morgan fingerprint density at radius 2 is 1.93 bits per heavy atom. The molecule has 0 spiro atoms. The van der Waals surface area contributed by atoms with Crippen molar-refractivity contribution in [3.05, 3.63) is 72.2 Å². The molecule has 0 unspecified atom stereocenters. The lowest BCUT2D eigenvalue weighted by molar-refractivity contribution is -0.114. The van der Waals surface area contributed by atoms with Gasteiger partial charge in [0, 0.05) is 42.3 Å². The molecule has 0 saturated heterocycles. The summed E-state index contributed by atoms with van der Waals surface area (Å²) in [6.45, 7) is 3.34. The Labute approximate surface area is 165 Å². The summed E-state index contributed by atoms with van der Waals surface area (Å²) in [6, 6.07) is 8.91. The number of nitrogens with one attached hydrogen (secondary N) is 2. The fourth-order valence-electron chi connectivity index (χ4n) is 3.11. The van der Waals surface area contributed by atoms with Crippen molar-refractivity contribution in [2.24, 2.45) is 0 Å². The summed E-state index contributed by atoms with van der Waals surface area (Å²) in [7, 11) is 0. The third-order valence-electron chi connectivity index (χ3n) is 4.43. The minimum Gasteiger partial charge on any atom is -0.337 e. The van der Waals surface area contributed by atoms with Crippen LogP contribution in [0.15, 0.2) is 55.0 Å². The fourth-order valence-corrected chi connectivity index (χ4v) is 3.11. The number of carbonyl (C=O) groups excluding carboxylic acids is 1. The SMILES string of the molecule is CC(=O)Nc1ccc(Nc2nccn3c(-c4ccc(F)cc4F)cnc23)cc1C. The Hall–Kier alpha value is -3.81. The third kappa shape index (κ3) is 3.64. The van der Waals surface area contributed by atoms with Crippen LogP contribution in [-0.4, -0.2) is 20.3 Å². The zero-order valence-electron chi connectivity index (χ0n) is 15.7. The average molecular weight is 393 g/mol. The normalized spacial score (nSPS) is 10.9. The number of benzene rings is 2. The van der Waals surface area contributed by atoms with Gasteiger partial charge in [-0.15, -0.1) is 0 Å². The number of nitrogens with zero attached hydrogens (tertiary/aromatic N) is 3. The monoisotopic (exact) mass is 393 g/mol. The molecule has 2 aromatic heterocycles. The van der Waals surface area contributed by atoms with Gasteiger partial charge in [0.2, 0.25) is 5.91 Å². The summed E-state index contributed by atoms with van der Waals surface area (Å²) in [5, 5.41) is 5.96. The van der Waals surface area contributed by atoms with Crippen LogP contribution in [0.4, 0.5) is 26.0 Å². The Balaban J connectivity index is 1.70. The molecule has 29 heavy (non-hydrogen) atoms. The van der Waals surface area contributed by atoms with E-state index in [0.29, 0.717) is 17.2 Å². The molecular formula is C21H17F2N5O. The van der Waals surface area contributed by atoms with E-state index < -0.39 is 11.6 Å². The quantitative estimate of drug-likeness (QED) is 0.528. The van der Waals surface area contributed by atoms with Crippen LogP contribution in [0, 0.1) is 18.6 Å². The number of amides is 1. The zero-order chi connectivity index (χ0) is 20.5. The third-order valence-corrected chi connectivity index (χ3v) is 4.43. The maximum atomic E-state index is 14.2. The van der Waals surface area contributed by atoms with E-state index >= 15 is 0 Å². The van der Waals surface area contributed by atoms with Gasteiger partial charge in [0.15, 0.2) is 11.5 Å². The van der Waals surface area contributed by atoms with E-state index in [1.807, 2.05) is 19.1 Å². The number of anilines is 3. The van der Waals surface area contributed by atoms with Gasteiger partial charge in [0.25, 0.3) is 0 Å². The Kier molecular flexibility index (Phi) is 4.67. The van der Waals surface area contributed by atoms with Crippen LogP contribution in [0.2, 0.25) is 0 Å². The van der Waals surface area contributed by atoms with Gasteiger partial charge >= 0.3 is 0 Å². The first kappa shape index (κ1) is 18.5. The van der Waals surface area contributed by atoms with Gasteiger partial charge in [-0.2, -0.15) is 0 Å². The molecule has 0 aliphatic heterocycles. The molecule has 2 aromatic carbocycles. The van der Waals surface area contributed by atoms with Gasteiger partial charge in [-0.3, -0.25) is 9.20 Å². The first-order valence-corrected chi connectivity index (χ1v) is 8.85. The van der Waals surface area contributed by atoms with Gasteiger partial charge in [0.05, 0.1) is 11.9 Å². The van der Waals surface area contributed by atoms with Crippen LogP contribution < -0.4 is 10.6 Å². The standard InChI is InChI=1S/C21H17F2N5O/c1-12-9-15(4-6-18(12)26-13(2)29)27-20-21-25-11-19(28(21)8-7-24-20)16-5-3-14(22)10-17(16)23/h3-11H,1-2H3,(H,24,27)(H,26,29). The second-order valence-electron chi connectivity index (χ2n) is 6.57. The molecule has 4 aromatic rings. The van der Waals surface area contributed by atoms with Gasteiger partial charge in [-0.1, -0.05) is 0 Å². The summed E-state index contributed by atoms with van der Waals surface area (Å²) in [4.78, 5) is 19.9. The molecule has 0 fully saturated rings. The maximum absolute atomic E-state index is 14.2. The molecule has 0 bridgehead atoms. The zero-order valence-corrected chi connectivity index (χ0v) is 15.7. The van der Waals surface area contributed by atoms with Crippen molar-refractivity contribution in [3.63, 3.8) is 0 Å². The lowest BCUT2D eigenvalue weighted by Crippen LogP contribution is -2.07. The Bertz CT molecular complexity index is 1240. The van der Waals surface area contributed by atoms with Crippen molar-refractivity contribution in [1.82, 2.24) is 14.4 Å². The number of hydrogen-bond acceptors (Lipinski definition) is 4. The molecule has 0 atom stereocenters. The smallest absolute Gasteiger partial charge is 0.221 e. The maximum Gasteiger partial charge on any atom is 0.221 e. The van der Waals surface area contributed by atoms with Crippen LogP contribution in [0.3, 0.4) is 0 Å². The second-order valence-corrected chi connectivity index (χ2v) is 6.57. The van der Waals surface area contributed by atoms with Gasteiger partial charge in [-0.25, -0.2) is 18.7 Å². The molecule has 0 aliphatic carbocycles. The van der Waals surface area contributed by atoms with E-state index in [2.05, 4.69) is 20.6 Å². The van der Waals surface area contributed by atoms with Crippen LogP contribution in [0.5, 0.6) is 0 Å². The summed E-state index contributed by atoms with van der Waals surface area (Å²) in [5.74, 6) is -0.962. The van der Waals surface area contributed by atoms with E-state index in [4.69, 9.17) is 0 Å². The minimum absolute atomic E-state index is 0.141. The van der Waals surface area contributed by atoms with Crippen LogP contribution in [0.25, 0.3) is 16.9 Å². The van der Waals surface area contributed by atoms with E-state index in [1.165, 1.54) is 25.3 Å². The first-order chi connectivity index (χ1) is 13.9. The van der Waals surface area contributed by atoms with Crippen molar-refractivity contribution >= 4 is 28.7 Å². The molecule has 146 valence electrons. The molecule has 1 amide bonds. The number of fused-ring (bicyclic) bond motifs is 1. The van der Waals surface area contributed by atoms with Crippen LogP contribution >= 0.6 is 0 Å². The lowest BCUT2D eigenvalue weighted by atomic mass is 10.1. The number of imidazole rings is 1. The van der Waals surface area contributed by atoms with Crippen molar-refractivity contribution in [2.45, 2.75) is 13.8 Å². The number of aryl methyl sites for hydroxylation is 1. The summed E-state index contributed by atoms with van der Waals surface area (Å²) in [6.07, 6.45) is 4.75. The largest absolute Gasteiger partial charge is 0.337 e. The molecule has 6 nitrogen and oxygen atoms in total. The van der Waals surface area contributed by atoms with Crippen LogP contribution in [-0.2, 0) is 4.79 Å². The molecule has 2 N–H and O–H groups in total. The van der Waals surface area contributed by atoms with Crippen molar-refractivity contribution in [1.29, 1.82) is 0 Å². The minimum atomic E-state index is -0.665. The summed E-state index contributed by atoms with van der Waals surface area (Å²) in [5.41, 5.74) is 3.59. The van der Waals surface area contributed by atoms with E-state index in [9.17, 15) is 13.6 Å². The van der Waals surface area contributed by atoms with E-state index in [-0.39, 0.29) is 11.5 Å². The van der Waals surface area contributed by atoms with E-state index in [1.54, 1.807) is 22.9 Å².